The summed E-state index contributed by atoms with van der Waals surface area (Å²) in [4.78, 5) is 49.7. The summed E-state index contributed by atoms with van der Waals surface area (Å²) in [5, 5.41) is 20.7. The Morgan fingerprint density at radius 1 is 1.50 bits per heavy atom. The molecule has 2 atom stereocenters. The first-order chi connectivity index (χ1) is 14.3. The summed E-state index contributed by atoms with van der Waals surface area (Å²) in [6, 6.07) is 5.22. The fourth-order valence-electron chi connectivity index (χ4n) is 3.51. The number of hydrogen-bond donors (Lipinski definition) is 2. The van der Waals surface area contributed by atoms with Gasteiger partial charge in [0, 0.05) is 24.7 Å². The van der Waals surface area contributed by atoms with E-state index in [2.05, 4.69) is 5.32 Å². The average Bonchev–Trinajstić information content (AvgIpc) is 3.21. The molecule has 11 heteroatoms. The molecule has 0 saturated carbocycles. The van der Waals surface area contributed by atoms with Crippen LogP contribution >= 0.6 is 11.8 Å². The van der Waals surface area contributed by atoms with Gasteiger partial charge in [-0.15, -0.1) is 11.8 Å². The van der Waals surface area contributed by atoms with E-state index in [1.165, 1.54) is 24.9 Å². The zero-order valence-corrected chi connectivity index (χ0v) is 16.9. The third-order valence-electron chi connectivity index (χ3n) is 4.81. The van der Waals surface area contributed by atoms with Crippen molar-refractivity contribution in [3.8, 4) is 6.07 Å². The van der Waals surface area contributed by atoms with Gasteiger partial charge in [-0.05, 0) is 18.6 Å². The fraction of sp³-hybridized carbons (Fsp3) is 0.421. The number of hydrogen-bond acceptors (Lipinski definition) is 8. The van der Waals surface area contributed by atoms with Crippen LogP contribution in [0.25, 0.3) is 0 Å². The van der Waals surface area contributed by atoms with Gasteiger partial charge in [-0.25, -0.2) is 4.79 Å². The van der Waals surface area contributed by atoms with Gasteiger partial charge in [0.2, 0.25) is 5.91 Å². The number of carboxylic acid groups (broad SMARTS) is 1. The number of furan rings is 1. The van der Waals surface area contributed by atoms with Crippen LogP contribution in [-0.2, 0) is 30.3 Å². The van der Waals surface area contributed by atoms with Gasteiger partial charge < -0.3 is 19.6 Å². The van der Waals surface area contributed by atoms with E-state index >= 15 is 0 Å². The number of aliphatic carboxylic acids is 1. The first-order valence-electron chi connectivity index (χ1n) is 9.04. The molecule has 10 nitrogen and oxygen atoms in total. The molecule has 1 aromatic heterocycles. The number of nitriles is 1. The Morgan fingerprint density at radius 2 is 2.27 bits per heavy atom. The Bertz CT molecular complexity index is 950. The summed E-state index contributed by atoms with van der Waals surface area (Å²) in [6.07, 6.45) is 1.39. The first-order valence-corrected chi connectivity index (χ1v) is 10.1. The number of nitrogens with zero attached hydrogens (tertiary/aromatic N) is 2. The van der Waals surface area contributed by atoms with E-state index in [9.17, 15) is 24.3 Å². The number of amides is 2. The van der Waals surface area contributed by atoms with Crippen molar-refractivity contribution in [3.05, 3.63) is 35.4 Å². The van der Waals surface area contributed by atoms with E-state index < -0.39 is 34.7 Å². The molecule has 30 heavy (non-hydrogen) atoms. The molecular weight excluding hydrogens is 414 g/mol. The van der Waals surface area contributed by atoms with Crippen molar-refractivity contribution in [2.24, 2.45) is 0 Å². The molecular formula is C19H19N3O7S. The Hall–Kier alpha value is -3.26. The maximum absolute atomic E-state index is 13.1. The molecule has 1 aromatic rings. The van der Waals surface area contributed by atoms with Gasteiger partial charge >= 0.3 is 11.9 Å². The molecule has 2 amide bonds. The highest BCUT2D eigenvalue weighted by Crippen LogP contribution is 2.48. The van der Waals surface area contributed by atoms with Crippen LogP contribution in [0.4, 0.5) is 0 Å². The number of nitrogens with one attached hydrogen (secondary N) is 1. The van der Waals surface area contributed by atoms with Crippen molar-refractivity contribution in [1.29, 1.82) is 5.26 Å². The highest BCUT2D eigenvalue weighted by molar-refractivity contribution is 8.00. The zero-order valence-electron chi connectivity index (χ0n) is 16.0. The summed E-state index contributed by atoms with van der Waals surface area (Å²) >= 11 is 1.25. The predicted octanol–water partition coefficient (Wildman–Crippen LogP) is 0.798. The van der Waals surface area contributed by atoms with Crippen molar-refractivity contribution in [3.63, 3.8) is 0 Å². The second-order valence-corrected chi connectivity index (χ2v) is 7.88. The van der Waals surface area contributed by atoms with Gasteiger partial charge in [-0.3, -0.25) is 19.3 Å². The molecule has 3 heterocycles. The molecule has 0 aliphatic carbocycles. The molecule has 2 aliphatic rings. The third kappa shape index (κ3) is 3.91. The molecule has 0 aromatic carbocycles. The lowest BCUT2D eigenvalue weighted by Crippen LogP contribution is -2.80. The second-order valence-electron chi connectivity index (χ2n) is 6.81. The number of fused-ring (bicyclic) bond motifs is 1. The number of thioether (sulfide) groups is 1. The molecule has 0 bridgehead atoms. The Balaban J connectivity index is 1.86. The second kappa shape index (κ2) is 8.62. The molecule has 1 unspecified atom stereocenters. The quantitative estimate of drug-likeness (QED) is 0.448. The van der Waals surface area contributed by atoms with Crippen LogP contribution in [0, 0.1) is 11.3 Å². The first kappa shape index (κ1) is 21.4. The monoisotopic (exact) mass is 433 g/mol. The summed E-state index contributed by atoms with van der Waals surface area (Å²) in [5.74, 6) is -2.36. The third-order valence-corrected chi connectivity index (χ3v) is 6.25. The van der Waals surface area contributed by atoms with Crippen molar-refractivity contribution in [1.82, 2.24) is 10.2 Å². The van der Waals surface area contributed by atoms with E-state index in [1.54, 1.807) is 12.1 Å². The molecule has 1 fully saturated rings. The van der Waals surface area contributed by atoms with Crippen LogP contribution in [0.5, 0.6) is 0 Å². The van der Waals surface area contributed by atoms with Crippen molar-refractivity contribution < 1.29 is 33.4 Å². The molecule has 0 spiro atoms. The van der Waals surface area contributed by atoms with Crippen LogP contribution < -0.4 is 5.32 Å². The Kier molecular flexibility index (Phi) is 6.17. The van der Waals surface area contributed by atoms with Gasteiger partial charge in [0.1, 0.15) is 23.4 Å². The van der Waals surface area contributed by atoms with Crippen LogP contribution in [0.3, 0.4) is 0 Å². The number of esters is 1. The Labute approximate surface area is 175 Å². The molecule has 3 rings (SSSR count). The number of β-lactam (4-membered cyclic amide) rings is 1. The SMILES string of the molecule is CC(=O)OCC1=C(C(=O)O)N2C(=O)C(CCC#N)(NC(=O)Cc3ccco3)[C@H]2SC1. The minimum Gasteiger partial charge on any atom is -0.477 e. The van der Waals surface area contributed by atoms with Crippen molar-refractivity contribution >= 4 is 35.5 Å². The number of carbonyl (C=O) groups is 4. The van der Waals surface area contributed by atoms with E-state index in [4.69, 9.17) is 14.4 Å². The maximum atomic E-state index is 13.1. The van der Waals surface area contributed by atoms with Crippen LogP contribution in [0.15, 0.2) is 34.1 Å². The maximum Gasteiger partial charge on any atom is 0.352 e. The standard InChI is InChI=1S/C19H19N3O7S/c1-11(23)29-9-12-10-30-18-19(5-3-6-20,17(27)22(18)15(12)16(25)26)21-14(24)8-13-4-2-7-28-13/h2,4,7,18H,3,5,8-10H2,1H3,(H,21,24)(H,25,26)/t18-,19?/m1/s1. The van der Waals surface area contributed by atoms with E-state index in [0.717, 1.165) is 4.90 Å². The highest BCUT2D eigenvalue weighted by Gasteiger charge is 2.64. The molecule has 2 N–H and O–H groups in total. The lowest BCUT2D eigenvalue weighted by Gasteiger charge is -2.57. The van der Waals surface area contributed by atoms with Gasteiger partial charge in [-0.2, -0.15) is 5.26 Å². The average molecular weight is 433 g/mol. The summed E-state index contributed by atoms with van der Waals surface area (Å²) in [7, 11) is 0. The number of carboxylic acids is 1. The summed E-state index contributed by atoms with van der Waals surface area (Å²) in [5.41, 5.74) is -1.35. The number of rotatable bonds is 8. The van der Waals surface area contributed by atoms with Crippen LogP contribution in [-0.4, -0.2) is 57.0 Å². The zero-order chi connectivity index (χ0) is 21.9. The lowest BCUT2D eigenvalue weighted by atomic mass is 9.81. The van der Waals surface area contributed by atoms with Gasteiger partial charge in [0.15, 0.2) is 5.54 Å². The smallest absolute Gasteiger partial charge is 0.352 e. The van der Waals surface area contributed by atoms with E-state index in [1.807, 2.05) is 6.07 Å². The van der Waals surface area contributed by atoms with E-state index in [-0.39, 0.29) is 37.3 Å². The molecule has 1 saturated heterocycles. The molecule has 0 radical (unpaired) electrons. The molecule has 2 aliphatic heterocycles. The van der Waals surface area contributed by atoms with E-state index in [0.29, 0.717) is 11.3 Å². The van der Waals surface area contributed by atoms with Crippen LogP contribution in [0.2, 0.25) is 0 Å². The predicted molar refractivity (Wildman–Crippen MR) is 103 cm³/mol. The molecule has 158 valence electrons. The van der Waals surface area contributed by atoms with Gasteiger partial charge in [0.25, 0.3) is 5.91 Å². The van der Waals surface area contributed by atoms with Crippen molar-refractivity contribution in [2.75, 3.05) is 12.4 Å². The largest absolute Gasteiger partial charge is 0.477 e. The fourth-order valence-corrected chi connectivity index (χ4v) is 5.01. The topological polar surface area (TPSA) is 150 Å². The van der Waals surface area contributed by atoms with Gasteiger partial charge in [-0.1, -0.05) is 0 Å². The lowest BCUT2D eigenvalue weighted by molar-refractivity contribution is -0.159. The van der Waals surface area contributed by atoms with Crippen LogP contribution in [0.1, 0.15) is 25.5 Å². The highest BCUT2D eigenvalue weighted by atomic mass is 32.2. The van der Waals surface area contributed by atoms with Gasteiger partial charge in [0.05, 0.1) is 18.8 Å². The summed E-state index contributed by atoms with van der Waals surface area (Å²) in [6.45, 7) is 0.965. The van der Waals surface area contributed by atoms with Crippen molar-refractivity contribution in [2.45, 2.75) is 37.1 Å². The number of carbonyl (C=O) groups excluding carboxylic acids is 3. The Morgan fingerprint density at radius 3 is 2.87 bits per heavy atom. The normalized spacial score (nSPS) is 22.6. The summed E-state index contributed by atoms with van der Waals surface area (Å²) < 4.78 is 10.1. The minimum absolute atomic E-state index is 0.00406. The number of ether oxygens (including phenoxy) is 1. The minimum atomic E-state index is -1.39.